The number of anilines is 1. The van der Waals surface area contributed by atoms with Gasteiger partial charge in [0.05, 0.1) is 0 Å². The van der Waals surface area contributed by atoms with E-state index in [1.807, 2.05) is 22.7 Å². The number of nitrogens with zero attached hydrogens (tertiary/aromatic N) is 2. The summed E-state index contributed by atoms with van der Waals surface area (Å²) < 4.78 is 1.95. The van der Waals surface area contributed by atoms with Gasteiger partial charge in [0.25, 0.3) is 0 Å². The molecule has 2 aromatic heterocycles. The first-order valence-corrected chi connectivity index (χ1v) is 6.91. The summed E-state index contributed by atoms with van der Waals surface area (Å²) in [7, 11) is 0. The third kappa shape index (κ3) is 2.05. The summed E-state index contributed by atoms with van der Waals surface area (Å²) in [5, 5.41) is 0. The maximum absolute atomic E-state index is 6.24. The number of imidazole rings is 1. The van der Waals surface area contributed by atoms with Crippen LogP contribution < -0.4 is 5.73 Å². The molecule has 0 saturated carbocycles. The van der Waals surface area contributed by atoms with E-state index in [4.69, 9.17) is 5.73 Å². The number of pyridine rings is 1. The van der Waals surface area contributed by atoms with Crippen LogP contribution in [-0.4, -0.2) is 9.38 Å². The van der Waals surface area contributed by atoms with Crippen molar-refractivity contribution in [3.05, 3.63) is 53.7 Å². The minimum absolute atomic E-state index is 0.533. The van der Waals surface area contributed by atoms with Gasteiger partial charge >= 0.3 is 0 Å². The van der Waals surface area contributed by atoms with Crippen molar-refractivity contribution >= 4 is 11.5 Å². The van der Waals surface area contributed by atoms with Gasteiger partial charge in [-0.3, -0.25) is 4.40 Å². The molecule has 3 nitrogen and oxygen atoms in total. The zero-order chi connectivity index (χ0) is 14.3. The van der Waals surface area contributed by atoms with Crippen LogP contribution in [0.3, 0.4) is 0 Å². The second-order valence-corrected chi connectivity index (χ2v) is 5.56. The molecule has 0 unspecified atom stereocenters. The van der Waals surface area contributed by atoms with Crippen LogP contribution in [0.1, 0.15) is 30.9 Å². The van der Waals surface area contributed by atoms with Crippen LogP contribution in [-0.2, 0) is 0 Å². The normalized spacial score (nSPS) is 11.4. The average Bonchev–Trinajstić information content (AvgIpc) is 2.76. The number of benzene rings is 1. The van der Waals surface area contributed by atoms with Crippen molar-refractivity contribution in [3.8, 4) is 11.3 Å². The molecule has 0 spiro atoms. The van der Waals surface area contributed by atoms with Crippen LogP contribution in [0.15, 0.2) is 42.6 Å². The molecule has 2 N–H and O–H groups in total. The number of hydrogen-bond donors (Lipinski definition) is 1. The quantitative estimate of drug-likeness (QED) is 0.760. The number of fused-ring (bicyclic) bond motifs is 1. The SMILES string of the molecule is Cc1ccc2nc(-c3ccc(C(C)C)cc3)c(N)n2c1. The van der Waals surface area contributed by atoms with Crippen molar-refractivity contribution in [2.24, 2.45) is 0 Å². The highest BCUT2D eigenvalue weighted by atomic mass is 15.1. The summed E-state index contributed by atoms with van der Waals surface area (Å²) in [5.74, 6) is 1.23. The van der Waals surface area contributed by atoms with E-state index >= 15 is 0 Å². The Kier molecular flexibility index (Phi) is 2.97. The van der Waals surface area contributed by atoms with E-state index in [-0.39, 0.29) is 0 Å². The van der Waals surface area contributed by atoms with Crippen LogP contribution in [0.5, 0.6) is 0 Å². The Balaban J connectivity index is 2.12. The lowest BCUT2D eigenvalue weighted by Crippen LogP contribution is -1.94. The van der Waals surface area contributed by atoms with Crippen molar-refractivity contribution in [2.45, 2.75) is 26.7 Å². The third-order valence-corrected chi connectivity index (χ3v) is 3.65. The predicted octanol–water partition coefficient (Wildman–Crippen LogP) is 4.02. The Morgan fingerprint density at radius 2 is 1.75 bits per heavy atom. The lowest BCUT2D eigenvalue weighted by molar-refractivity contribution is 0.867. The molecule has 20 heavy (non-hydrogen) atoms. The molecule has 102 valence electrons. The molecule has 3 rings (SSSR count). The average molecular weight is 265 g/mol. The van der Waals surface area contributed by atoms with E-state index in [0.29, 0.717) is 11.7 Å². The van der Waals surface area contributed by atoms with Crippen molar-refractivity contribution < 1.29 is 0 Å². The molecule has 0 radical (unpaired) electrons. The summed E-state index contributed by atoms with van der Waals surface area (Å²) >= 11 is 0. The molecule has 3 aromatic rings. The van der Waals surface area contributed by atoms with Crippen LogP contribution in [0.25, 0.3) is 16.9 Å². The van der Waals surface area contributed by atoms with Gasteiger partial charge in [-0.05, 0) is 30.0 Å². The number of rotatable bonds is 2. The standard InChI is InChI=1S/C17H19N3/c1-11(2)13-5-7-14(8-6-13)16-17(18)20-10-12(3)4-9-15(20)19-16/h4-11H,18H2,1-3H3. The Hall–Kier alpha value is -2.29. The molecular weight excluding hydrogens is 246 g/mol. The van der Waals surface area contributed by atoms with E-state index in [0.717, 1.165) is 16.9 Å². The molecule has 0 saturated heterocycles. The fourth-order valence-electron chi connectivity index (χ4n) is 2.41. The first-order chi connectivity index (χ1) is 9.56. The summed E-state index contributed by atoms with van der Waals surface area (Å²) in [6.45, 7) is 6.43. The highest BCUT2D eigenvalue weighted by Gasteiger charge is 2.11. The zero-order valence-corrected chi connectivity index (χ0v) is 12.1. The highest BCUT2D eigenvalue weighted by molar-refractivity contribution is 5.75. The van der Waals surface area contributed by atoms with Gasteiger partial charge in [-0.1, -0.05) is 44.2 Å². The second-order valence-electron chi connectivity index (χ2n) is 5.56. The molecule has 0 bridgehead atoms. The predicted molar refractivity (Wildman–Crippen MR) is 83.9 cm³/mol. The van der Waals surface area contributed by atoms with E-state index in [2.05, 4.69) is 50.0 Å². The van der Waals surface area contributed by atoms with Gasteiger partial charge in [0.2, 0.25) is 0 Å². The minimum Gasteiger partial charge on any atom is -0.383 e. The topological polar surface area (TPSA) is 43.3 Å². The van der Waals surface area contributed by atoms with Crippen molar-refractivity contribution in [1.82, 2.24) is 9.38 Å². The Morgan fingerprint density at radius 1 is 1.05 bits per heavy atom. The van der Waals surface area contributed by atoms with Gasteiger partial charge in [0, 0.05) is 11.8 Å². The summed E-state index contributed by atoms with van der Waals surface area (Å²) in [6, 6.07) is 12.5. The van der Waals surface area contributed by atoms with Gasteiger partial charge in [-0.25, -0.2) is 4.98 Å². The molecular formula is C17H19N3. The van der Waals surface area contributed by atoms with E-state index in [1.54, 1.807) is 0 Å². The summed E-state index contributed by atoms with van der Waals surface area (Å²) in [6.07, 6.45) is 2.02. The smallest absolute Gasteiger partial charge is 0.139 e. The van der Waals surface area contributed by atoms with Gasteiger partial charge in [-0.15, -0.1) is 0 Å². The molecule has 0 aliphatic rings. The lowest BCUT2D eigenvalue weighted by Gasteiger charge is -2.06. The molecule has 0 amide bonds. The first-order valence-electron chi connectivity index (χ1n) is 6.91. The highest BCUT2D eigenvalue weighted by Crippen LogP contribution is 2.28. The molecule has 3 heteroatoms. The maximum atomic E-state index is 6.24. The van der Waals surface area contributed by atoms with Crippen LogP contribution in [0.4, 0.5) is 5.82 Å². The van der Waals surface area contributed by atoms with Crippen LogP contribution >= 0.6 is 0 Å². The van der Waals surface area contributed by atoms with Gasteiger partial charge in [0.15, 0.2) is 0 Å². The van der Waals surface area contributed by atoms with E-state index in [9.17, 15) is 0 Å². The molecule has 0 aliphatic heterocycles. The molecule has 0 atom stereocenters. The van der Waals surface area contributed by atoms with E-state index in [1.165, 1.54) is 11.1 Å². The molecule has 2 heterocycles. The Bertz CT molecular complexity index is 752. The van der Waals surface area contributed by atoms with Crippen LogP contribution in [0.2, 0.25) is 0 Å². The number of nitrogens with two attached hydrogens (primary N) is 1. The number of aryl methyl sites for hydroxylation is 1. The Morgan fingerprint density at radius 3 is 2.40 bits per heavy atom. The monoisotopic (exact) mass is 265 g/mol. The van der Waals surface area contributed by atoms with Gasteiger partial charge < -0.3 is 5.73 Å². The molecule has 0 aliphatic carbocycles. The molecule has 0 fully saturated rings. The third-order valence-electron chi connectivity index (χ3n) is 3.65. The number of nitrogen functional groups attached to an aromatic ring is 1. The lowest BCUT2D eigenvalue weighted by atomic mass is 10.0. The Labute approximate surface area is 119 Å². The zero-order valence-electron chi connectivity index (χ0n) is 12.1. The number of hydrogen-bond acceptors (Lipinski definition) is 2. The summed E-state index contributed by atoms with van der Waals surface area (Å²) in [5.41, 5.74) is 11.5. The fraction of sp³-hybridized carbons (Fsp3) is 0.235. The van der Waals surface area contributed by atoms with Crippen molar-refractivity contribution in [3.63, 3.8) is 0 Å². The maximum Gasteiger partial charge on any atom is 0.139 e. The van der Waals surface area contributed by atoms with Gasteiger partial charge in [0.1, 0.15) is 17.2 Å². The van der Waals surface area contributed by atoms with Crippen LogP contribution in [0, 0.1) is 6.92 Å². The fourth-order valence-corrected chi connectivity index (χ4v) is 2.41. The second kappa shape index (κ2) is 4.67. The van der Waals surface area contributed by atoms with Gasteiger partial charge in [-0.2, -0.15) is 0 Å². The minimum atomic E-state index is 0.533. The largest absolute Gasteiger partial charge is 0.383 e. The molecule has 1 aromatic carbocycles. The van der Waals surface area contributed by atoms with Crippen molar-refractivity contribution in [2.75, 3.05) is 5.73 Å². The first kappa shape index (κ1) is 12.7. The number of aromatic nitrogens is 2. The summed E-state index contributed by atoms with van der Waals surface area (Å²) in [4.78, 5) is 4.64. The van der Waals surface area contributed by atoms with Crippen molar-refractivity contribution in [1.29, 1.82) is 0 Å². The van der Waals surface area contributed by atoms with E-state index < -0.39 is 0 Å².